The van der Waals surface area contributed by atoms with Crippen molar-refractivity contribution < 1.29 is 22.4 Å². The largest absolute Gasteiger partial charge is 0.322 e. The van der Waals surface area contributed by atoms with Crippen molar-refractivity contribution in [1.82, 2.24) is 4.31 Å². The van der Waals surface area contributed by atoms with Gasteiger partial charge < -0.3 is 10.2 Å². The fourth-order valence-electron chi connectivity index (χ4n) is 4.45. The topological polar surface area (TPSA) is 86.8 Å². The minimum absolute atomic E-state index is 0.0209. The summed E-state index contributed by atoms with van der Waals surface area (Å²) >= 11 is 0. The maximum atomic E-state index is 13.9. The summed E-state index contributed by atoms with van der Waals surface area (Å²) < 4.78 is 41.8. The summed E-state index contributed by atoms with van der Waals surface area (Å²) in [6, 6.07) is 9.54. The Morgan fingerprint density at radius 2 is 1.90 bits per heavy atom. The number of benzene rings is 2. The molecule has 1 saturated heterocycles. The summed E-state index contributed by atoms with van der Waals surface area (Å²) in [5.41, 5.74) is 1.53. The second-order valence-corrected chi connectivity index (χ2v) is 9.87. The number of amides is 2. The van der Waals surface area contributed by atoms with Crippen LogP contribution in [0.4, 0.5) is 15.8 Å². The summed E-state index contributed by atoms with van der Waals surface area (Å²) in [5, 5.41) is 2.51. The third-order valence-corrected chi connectivity index (χ3v) is 7.75. The average Bonchev–Trinajstić information content (AvgIpc) is 3.33. The van der Waals surface area contributed by atoms with E-state index in [1.165, 1.54) is 35.5 Å². The number of nitrogens with zero attached hydrogens (tertiary/aromatic N) is 2. The lowest BCUT2D eigenvalue weighted by atomic mass is 10.1. The van der Waals surface area contributed by atoms with E-state index in [0.717, 1.165) is 5.56 Å². The van der Waals surface area contributed by atoms with Crippen LogP contribution in [0.5, 0.6) is 0 Å². The molecule has 31 heavy (non-hydrogen) atoms. The molecule has 4 rings (SSSR count). The number of para-hydroxylation sites is 1. The molecule has 9 heteroatoms. The standard InChI is InChI=1S/C22H24FN3O4S/c1-14-12-16-13-17(9-10-20(16)26(14)15(2)27)31(29,30)25-11-5-8-21(25)22(28)24-19-7-4-3-6-18(19)23/h3-4,6-7,9-10,13-14,21H,5,8,11-12H2,1-2H3,(H,24,28). The molecule has 2 amide bonds. The molecule has 2 unspecified atom stereocenters. The number of hydrogen-bond acceptors (Lipinski definition) is 4. The van der Waals surface area contributed by atoms with Crippen LogP contribution in [0.3, 0.4) is 0 Å². The van der Waals surface area contributed by atoms with Crippen molar-refractivity contribution in [3.8, 4) is 0 Å². The predicted octanol–water partition coefficient (Wildman–Crippen LogP) is 2.92. The van der Waals surface area contributed by atoms with Crippen LogP contribution in [0.15, 0.2) is 47.4 Å². The van der Waals surface area contributed by atoms with Gasteiger partial charge in [0.15, 0.2) is 0 Å². The Hall–Kier alpha value is -2.78. The van der Waals surface area contributed by atoms with E-state index in [2.05, 4.69) is 5.32 Å². The number of anilines is 2. The second kappa shape index (κ2) is 8.05. The van der Waals surface area contributed by atoms with E-state index in [1.807, 2.05) is 6.92 Å². The van der Waals surface area contributed by atoms with Crippen LogP contribution in [0.25, 0.3) is 0 Å². The number of carbonyl (C=O) groups excluding carboxylic acids is 2. The summed E-state index contributed by atoms with van der Waals surface area (Å²) in [4.78, 5) is 26.5. The molecule has 2 aromatic carbocycles. The van der Waals surface area contributed by atoms with E-state index in [-0.39, 0.29) is 29.1 Å². The number of nitrogens with one attached hydrogen (secondary N) is 1. The van der Waals surface area contributed by atoms with Gasteiger partial charge >= 0.3 is 0 Å². The van der Waals surface area contributed by atoms with Crippen molar-refractivity contribution in [2.75, 3.05) is 16.8 Å². The molecule has 2 aromatic rings. The Kier molecular flexibility index (Phi) is 5.57. The number of rotatable bonds is 4. The molecule has 0 spiro atoms. The van der Waals surface area contributed by atoms with Gasteiger partial charge in [-0.3, -0.25) is 9.59 Å². The lowest BCUT2D eigenvalue weighted by Gasteiger charge is -2.24. The molecule has 164 valence electrons. The molecule has 2 atom stereocenters. The first-order chi connectivity index (χ1) is 14.7. The number of fused-ring (bicyclic) bond motifs is 1. The zero-order valence-electron chi connectivity index (χ0n) is 17.3. The highest BCUT2D eigenvalue weighted by Crippen LogP contribution is 2.35. The summed E-state index contributed by atoms with van der Waals surface area (Å²) in [7, 11) is -3.94. The Balaban J connectivity index is 1.60. The zero-order valence-corrected chi connectivity index (χ0v) is 18.2. The molecular weight excluding hydrogens is 421 g/mol. The van der Waals surface area contributed by atoms with Crippen LogP contribution in [0, 0.1) is 5.82 Å². The van der Waals surface area contributed by atoms with Gasteiger partial charge in [-0.05, 0) is 62.1 Å². The van der Waals surface area contributed by atoms with E-state index in [9.17, 15) is 22.4 Å². The number of halogens is 1. The highest BCUT2D eigenvalue weighted by Gasteiger charge is 2.40. The van der Waals surface area contributed by atoms with Crippen molar-refractivity contribution in [3.63, 3.8) is 0 Å². The minimum atomic E-state index is -3.94. The third kappa shape index (κ3) is 3.83. The first kappa shape index (κ1) is 21.5. The molecule has 0 aromatic heterocycles. The molecule has 0 bridgehead atoms. The molecule has 2 aliphatic heterocycles. The van der Waals surface area contributed by atoms with Crippen molar-refractivity contribution in [3.05, 3.63) is 53.8 Å². The van der Waals surface area contributed by atoms with E-state index in [4.69, 9.17) is 0 Å². The Morgan fingerprint density at radius 1 is 1.16 bits per heavy atom. The molecule has 0 saturated carbocycles. The molecule has 2 heterocycles. The molecule has 0 radical (unpaired) electrons. The fourth-order valence-corrected chi connectivity index (χ4v) is 6.16. The van der Waals surface area contributed by atoms with Gasteiger partial charge in [0.05, 0.1) is 10.6 Å². The lowest BCUT2D eigenvalue weighted by molar-refractivity contribution is -0.119. The molecule has 1 fully saturated rings. The van der Waals surface area contributed by atoms with Gasteiger partial charge in [0.25, 0.3) is 0 Å². The van der Waals surface area contributed by atoms with Gasteiger partial charge in [-0.15, -0.1) is 0 Å². The van der Waals surface area contributed by atoms with Gasteiger partial charge in [0, 0.05) is 25.2 Å². The summed E-state index contributed by atoms with van der Waals surface area (Å²) in [6.07, 6.45) is 1.46. The lowest BCUT2D eigenvalue weighted by Crippen LogP contribution is -2.43. The van der Waals surface area contributed by atoms with Crippen LogP contribution in [-0.4, -0.2) is 43.2 Å². The molecule has 7 nitrogen and oxygen atoms in total. The fraction of sp³-hybridized carbons (Fsp3) is 0.364. The highest BCUT2D eigenvalue weighted by atomic mass is 32.2. The maximum Gasteiger partial charge on any atom is 0.243 e. The minimum Gasteiger partial charge on any atom is -0.322 e. The Labute approximate surface area is 180 Å². The number of hydrogen-bond donors (Lipinski definition) is 1. The average molecular weight is 446 g/mol. The van der Waals surface area contributed by atoms with E-state index in [0.29, 0.717) is 24.9 Å². The summed E-state index contributed by atoms with van der Waals surface area (Å²) in [6.45, 7) is 3.61. The Morgan fingerprint density at radius 3 is 2.61 bits per heavy atom. The van der Waals surface area contributed by atoms with Crippen molar-refractivity contribution in [2.45, 2.75) is 50.1 Å². The first-order valence-corrected chi connectivity index (χ1v) is 11.6. The van der Waals surface area contributed by atoms with E-state index >= 15 is 0 Å². The van der Waals surface area contributed by atoms with Crippen LogP contribution in [-0.2, 0) is 26.0 Å². The zero-order chi connectivity index (χ0) is 22.3. The molecule has 1 N–H and O–H groups in total. The molecular formula is C22H24FN3O4S. The van der Waals surface area contributed by atoms with Crippen molar-refractivity contribution >= 4 is 33.2 Å². The van der Waals surface area contributed by atoms with Crippen LogP contribution in [0.2, 0.25) is 0 Å². The first-order valence-electron chi connectivity index (χ1n) is 10.2. The van der Waals surface area contributed by atoms with E-state index < -0.39 is 27.8 Å². The quantitative estimate of drug-likeness (QED) is 0.784. The van der Waals surface area contributed by atoms with Gasteiger partial charge in [-0.25, -0.2) is 12.8 Å². The molecule has 2 aliphatic rings. The maximum absolute atomic E-state index is 13.9. The SMILES string of the molecule is CC(=O)N1c2ccc(S(=O)(=O)N3CCCC3C(=O)Nc3ccccc3F)cc2CC1C. The van der Waals surface area contributed by atoms with Crippen molar-refractivity contribution in [1.29, 1.82) is 0 Å². The van der Waals surface area contributed by atoms with Gasteiger partial charge in [-0.2, -0.15) is 4.31 Å². The second-order valence-electron chi connectivity index (χ2n) is 7.98. The van der Waals surface area contributed by atoms with Crippen LogP contribution in [0.1, 0.15) is 32.3 Å². The van der Waals surface area contributed by atoms with Gasteiger partial charge in [0.2, 0.25) is 21.8 Å². The highest BCUT2D eigenvalue weighted by molar-refractivity contribution is 7.89. The van der Waals surface area contributed by atoms with Crippen molar-refractivity contribution in [2.24, 2.45) is 0 Å². The predicted molar refractivity (Wildman–Crippen MR) is 115 cm³/mol. The Bertz CT molecular complexity index is 1150. The number of carbonyl (C=O) groups is 2. The smallest absolute Gasteiger partial charge is 0.243 e. The third-order valence-electron chi connectivity index (χ3n) is 5.85. The van der Waals surface area contributed by atoms with E-state index in [1.54, 1.807) is 23.1 Å². The van der Waals surface area contributed by atoms with Gasteiger partial charge in [0.1, 0.15) is 11.9 Å². The summed E-state index contributed by atoms with van der Waals surface area (Å²) in [5.74, 6) is -1.22. The molecule has 0 aliphatic carbocycles. The van der Waals surface area contributed by atoms with Crippen LogP contribution >= 0.6 is 0 Å². The number of sulfonamides is 1. The normalized spacial score (nSPS) is 21.2. The van der Waals surface area contributed by atoms with Crippen LogP contribution < -0.4 is 10.2 Å². The monoisotopic (exact) mass is 445 g/mol. The van der Waals surface area contributed by atoms with Gasteiger partial charge in [-0.1, -0.05) is 12.1 Å².